The summed E-state index contributed by atoms with van der Waals surface area (Å²) in [4.78, 5) is 22.5. The smallest absolute Gasteiger partial charge is 0.317 e. The van der Waals surface area contributed by atoms with E-state index in [2.05, 4.69) is 0 Å². The summed E-state index contributed by atoms with van der Waals surface area (Å²) in [7, 11) is 0. The standard InChI is InChI=1S/C9H12O3/c1-9(2)5-3-4-6(10)7(5)8(11)12-9/h5,7H,3-4H2,1-2H3/t5-,7-/m1/s1. The largest absolute Gasteiger partial charge is 0.459 e. The summed E-state index contributed by atoms with van der Waals surface area (Å²) in [6.07, 6.45) is 1.36. The van der Waals surface area contributed by atoms with Crippen LogP contribution in [0.1, 0.15) is 26.7 Å². The first kappa shape index (κ1) is 7.77. The molecular formula is C9H12O3. The number of esters is 1. The highest BCUT2D eigenvalue weighted by Gasteiger charge is 2.55. The fourth-order valence-electron chi connectivity index (χ4n) is 2.29. The van der Waals surface area contributed by atoms with Gasteiger partial charge in [-0.2, -0.15) is 0 Å². The van der Waals surface area contributed by atoms with E-state index in [1.807, 2.05) is 13.8 Å². The minimum Gasteiger partial charge on any atom is -0.459 e. The lowest BCUT2D eigenvalue weighted by Crippen LogP contribution is -2.27. The fraction of sp³-hybridized carbons (Fsp3) is 0.778. The number of carbonyl (C=O) groups is 2. The molecule has 0 amide bonds. The highest BCUT2D eigenvalue weighted by molar-refractivity contribution is 6.02. The van der Waals surface area contributed by atoms with Crippen LogP contribution in [0.25, 0.3) is 0 Å². The predicted molar refractivity (Wildman–Crippen MR) is 41.4 cm³/mol. The maximum atomic E-state index is 11.3. The van der Waals surface area contributed by atoms with Crippen LogP contribution in [-0.4, -0.2) is 17.4 Å². The van der Waals surface area contributed by atoms with Crippen molar-refractivity contribution >= 4 is 11.8 Å². The van der Waals surface area contributed by atoms with E-state index in [9.17, 15) is 9.59 Å². The molecule has 1 aliphatic carbocycles. The molecule has 2 rings (SSSR count). The third kappa shape index (κ3) is 0.822. The fourth-order valence-corrected chi connectivity index (χ4v) is 2.29. The monoisotopic (exact) mass is 168 g/mol. The maximum Gasteiger partial charge on any atom is 0.317 e. The molecule has 1 saturated carbocycles. The van der Waals surface area contributed by atoms with Gasteiger partial charge in [-0.1, -0.05) is 0 Å². The van der Waals surface area contributed by atoms with Gasteiger partial charge in [0.2, 0.25) is 0 Å². The SMILES string of the molecule is CC1(C)OC(=O)[C@H]2C(=O)CC[C@H]21. The van der Waals surface area contributed by atoms with Gasteiger partial charge < -0.3 is 4.74 Å². The Morgan fingerprint density at radius 2 is 2.08 bits per heavy atom. The van der Waals surface area contributed by atoms with Gasteiger partial charge in [0.05, 0.1) is 0 Å². The number of hydrogen-bond donors (Lipinski definition) is 0. The van der Waals surface area contributed by atoms with E-state index in [4.69, 9.17) is 4.74 Å². The van der Waals surface area contributed by atoms with Crippen LogP contribution >= 0.6 is 0 Å². The zero-order chi connectivity index (χ0) is 8.93. The van der Waals surface area contributed by atoms with Crippen LogP contribution in [0.3, 0.4) is 0 Å². The molecule has 1 heterocycles. The molecule has 2 aliphatic rings. The van der Waals surface area contributed by atoms with E-state index in [0.717, 1.165) is 6.42 Å². The van der Waals surface area contributed by atoms with Crippen LogP contribution in [-0.2, 0) is 14.3 Å². The Labute approximate surface area is 71.1 Å². The molecule has 3 heteroatoms. The van der Waals surface area contributed by atoms with Crippen LogP contribution in [0, 0.1) is 11.8 Å². The van der Waals surface area contributed by atoms with E-state index >= 15 is 0 Å². The van der Waals surface area contributed by atoms with E-state index in [0.29, 0.717) is 6.42 Å². The molecule has 1 saturated heterocycles. The van der Waals surface area contributed by atoms with Crippen LogP contribution in [0.5, 0.6) is 0 Å². The van der Waals surface area contributed by atoms with Gasteiger partial charge in [0.1, 0.15) is 17.3 Å². The zero-order valence-corrected chi connectivity index (χ0v) is 7.29. The zero-order valence-electron chi connectivity index (χ0n) is 7.29. The molecule has 0 N–H and O–H groups in total. The molecule has 0 radical (unpaired) electrons. The Bertz CT molecular complexity index is 254. The maximum absolute atomic E-state index is 11.3. The van der Waals surface area contributed by atoms with Gasteiger partial charge in [0, 0.05) is 12.3 Å². The molecule has 2 fully saturated rings. The molecule has 1 aliphatic heterocycles. The molecular weight excluding hydrogens is 156 g/mol. The second kappa shape index (κ2) is 2.09. The van der Waals surface area contributed by atoms with Crippen LogP contribution in [0.15, 0.2) is 0 Å². The molecule has 0 aromatic carbocycles. The summed E-state index contributed by atoms with van der Waals surface area (Å²) < 4.78 is 5.13. The number of Topliss-reactive ketones (excluding diaryl/α,β-unsaturated/α-hetero) is 1. The number of hydrogen-bond acceptors (Lipinski definition) is 3. The molecule has 0 aromatic rings. The lowest BCUT2D eigenvalue weighted by atomic mass is 9.86. The van der Waals surface area contributed by atoms with Crippen molar-refractivity contribution in [3.8, 4) is 0 Å². The van der Waals surface area contributed by atoms with Crippen molar-refractivity contribution in [3.05, 3.63) is 0 Å². The van der Waals surface area contributed by atoms with Crippen molar-refractivity contribution in [3.63, 3.8) is 0 Å². The molecule has 12 heavy (non-hydrogen) atoms. The van der Waals surface area contributed by atoms with Gasteiger partial charge >= 0.3 is 5.97 Å². The molecule has 66 valence electrons. The first-order valence-corrected chi connectivity index (χ1v) is 4.28. The summed E-state index contributed by atoms with van der Waals surface area (Å²) >= 11 is 0. The van der Waals surface area contributed by atoms with Crippen molar-refractivity contribution in [2.24, 2.45) is 11.8 Å². The topological polar surface area (TPSA) is 43.4 Å². The normalized spacial score (nSPS) is 38.2. The average Bonchev–Trinajstić information content (AvgIpc) is 2.38. The number of fused-ring (bicyclic) bond motifs is 1. The summed E-state index contributed by atoms with van der Waals surface area (Å²) in [5.74, 6) is -0.569. The molecule has 0 aromatic heterocycles. The van der Waals surface area contributed by atoms with Gasteiger partial charge in [-0.15, -0.1) is 0 Å². The third-order valence-corrected chi connectivity index (χ3v) is 2.96. The van der Waals surface area contributed by atoms with E-state index in [-0.39, 0.29) is 17.7 Å². The lowest BCUT2D eigenvalue weighted by Gasteiger charge is -2.22. The van der Waals surface area contributed by atoms with Crippen molar-refractivity contribution < 1.29 is 14.3 Å². The first-order chi connectivity index (χ1) is 5.52. The summed E-state index contributed by atoms with van der Waals surface area (Å²) in [5.41, 5.74) is -0.423. The van der Waals surface area contributed by atoms with Gasteiger partial charge in [-0.25, -0.2) is 0 Å². The Balaban J connectivity index is 2.35. The minimum atomic E-state index is -0.444. The number of ether oxygens (including phenoxy) is 1. The van der Waals surface area contributed by atoms with Crippen molar-refractivity contribution in [2.45, 2.75) is 32.3 Å². The highest BCUT2D eigenvalue weighted by atomic mass is 16.6. The molecule has 0 unspecified atom stereocenters. The van der Waals surface area contributed by atoms with Crippen molar-refractivity contribution in [1.29, 1.82) is 0 Å². The Kier molecular flexibility index (Phi) is 1.35. The average molecular weight is 168 g/mol. The second-order valence-electron chi connectivity index (χ2n) is 4.11. The molecule has 0 spiro atoms. The van der Waals surface area contributed by atoms with Crippen molar-refractivity contribution in [1.82, 2.24) is 0 Å². The van der Waals surface area contributed by atoms with Gasteiger partial charge in [0.25, 0.3) is 0 Å². The summed E-state index contributed by atoms with van der Waals surface area (Å²) in [6.45, 7) is 3.77. The van der Waals surface area contributed by atoms with Crippen LogP contribution in [0.2, 0.25) is 0 Å². The van der Waals surface area contributed by atoms with E-state index in [1.165, 1.54) is 0 Å². The van der Waals surface area contributed by atoms with Gasteiger partial charge in [-0.3, -0.25) is 9.59 Å². The third-order valence-electron chi connectivity index (χ3n) is 2.96. The van der Waals surface area contributed by atoms with E-state index in [1.54, 1.807) is 0 Å². The van der Waals surface area contributed by atoms with Crippen LogP contribution < -0.4 is 0 Å². The lowest BCUT2D eigenvalue weighted by molar-refractivity contribution is -0.150. The van der Waals surface area contributed by atoms with Crippen molar-refractivity contribution in [2.75, 3.05) is 0 Å². The Hall–Kier alpha value is -0.860. The van der Waals surface area contributed by atoms with Crippen LogP contribution in [0.4, 0.5) is 0 Å². The molecule has 0 bridgehead atoms. The van der Waals surface area contributed by atoms with Gasteiger partial charge in [0.15, 0.2) is 0 Å². The van der Waals surface area contributed by atoms with E-state index < -0.39 is 11.5 Å². The molecule has 2 atom stereocenters. The number of ketones is 1. The Morgan fingerprint density at radius 3 is 2.67 bits per heavy atom. The number of rotatable bonds is 0. The predicted octanol–water partition coefficient (Wildman–Crippen LogP) is 0.917. The Morgan fingerprint density at radius 1 is 1.42 bits per heavy atom. The summed E-state index contributed by atoms with van der Waals surface area (Å²) in [6, 6.07) is 0. The molecule has 3 nitrogen and oxygen atoms in total. The first-order valence-electron chi connectivity index (χ1n) is 4.28. The second-order valence-corrected chi connectivity index (χ2v) is 4.11. The summed E-state index contributed by atoms with van der Waals surface area (Å²) in [5, 5.41) is 0. The quantitative estimate of drug-likeness (QED) is 0.399. The van der Waals surface area contributed by atoms with Gasteiger partial charge in [-0.05, 0) is 20.3 Å². The highest BCUT2D eigenvalue weighted by Crippen LogP contribution is 2.45. The minimum absolute atomic E-state index is 0.0653. The number of carbonyl (C=O) groups excluding carboxylic acids is 2. The number of cyclic esters (lactones) is 1.